The van der Waals surface area contributed by atoms with Gasteiger partial charge in [-0.2, -0.15) is 0 Å². The lowest BCUT2D eigenvalue weighted by molar-refractivity contribution is 0.0526. The zero-order valence-electron chi connectivity index (χ0n) is 16.4. The van der Waals surface area contributed by atoms with E-state index in [1.165, 1.54) is 11.8 Å². The molecule has 2 N–H and O–H groups in total. The topological polar surface area (TPSA) is 80.3 Å². The van der Waals surface area contributed by atoms with Crippen LogP contribution >= 0.6 is 0 Å². The molecule has 1 amide bonds. The number of carbonyl (C=O) groups is 2. The largest absolute Gasteiger partial charge is 0.462 e. The number of aromatic nitrogens is 1. The predicted molar refractivity (Wildman–Crippen MR) is 114 cm³/mol. The number of carbonyl (C=O) groups excluding carboxylic acids is 2. The number of benzene rings is 2. The van der Waals surface area contributed by atoms with Gasteiger partial charge < -0.3 is 15.4 Å². The lowest BCUT2D eigenvalue weighted by Crippen LogP contribution is -2.12. The van der Waals surface area contributed by atoms with Crippen LogP contribution < -0.4 is 10.6 Å². The summed E-state index contributed by atoms with van der Waals surface area (Å²) in [5.41, 5.74) is 3.66. The van der Waals surface area contributed by atoms with E-state index in [1.54, 1.807) is 43.3 Å². The summed E-state index contributed by atoms with van der Waals surface area (Å²) in [6.45, 7) is 4.17. The fraction of sp³-hybridized carbons (Fsp3) is 0.174. The van der Waals surface area contributed by atoms with Crippen molar-refractivity contribution in [2.45, 2.75) is 20.3 Å². The normalized spacial score (nSPS) is 10.3. The SMILES string of the molecule is CCOC(=O)c1ccc(NC(=O)c2ccc(Nc3ccccc3CC)nc2)cc1. The third-order valence-corrected chi connectivity index (χ3v) is 4.34. The lowest BCUT2D eigenvalue weighted by Gasteiger charge is -2.11. The van der Waals surface area contributed by atoms with E-state index in [0.29, 0.717) is 29.2 Å². The average Bonchev–Trinajstić information content (AvgIpc) is 2.75. The standard InChI is InChI=1S/C23H23N3O3/c1-3-16-7-5-6-8-20(16)26-21-14-11-18(15-24-21)22(27)25-19-12-9-17(10-13-19)23(28)29-4-2/h5-15H,3-4H2,1-2H3,(H,24,26)(H,25,27). The Kier molecular flexibility index (Phi) is 6.58. The molecule has 0 saturated heterocycles. The molecule has 3 aromatic rings. The van der Waals surface area contributed by atoms with Gasteiger partial charge >= 0.3 is 5.97 Å². The third kappa shape index (κ3) is 5.19. The van der Waals surface area contributed by atoms with Crippen LogP contribution in [0, 0.1) is 0 Å². The van der Waals surface area contributed by atoms with Crippen molar-refractivity contribution in [2.75, 3.05) is 17.2 Å². The van der Waals surface area contributed by atoms with Gasteiger partial charge in [-0.1, -0.05) is 25.1 Å². The predicted octanol–water partition coefficient (Wildman–Crippen LogP) is 4.82. The van der Waals surface area contributed by atoms with Gasteiger partial charge in [-0.15, -0.1) is 0 Å². The van der Waals surface area contributed by atoms with E-state index in [1.807, 2.05) is 18.2 Å². The maximum atomic E-state index is 12.4. The van der Waals surface area contributed by atoms with Crippen molar-refractivity contribution in [3.8, 4) is 0 Å². The number of amides is 1. The van der Waals surface area contributed by atoms with Gasteiger partial charge in [0.2, 0.25) is 0 Å². The Morgan fingerprint density at radius 3 is 2.31 bits per heavy atom. The first-order chi connectivity index (χ1) is 14.1. The van der Waals surface area contributed by atoms with E-state index < -0.39 is 0 Å². The Morgan fingerprint density at radius 2 is 1.66 bits per heavy atom. The number of aryl methyl sites for hydroxylation is 1. The molecule has 0 fully saturated rings. The summed E-state index contributed by atoms with van der Waals surface area (Å²) in [6.07, 6.45) is 2.44. The number of para-hydroxylation sites is 1. The summed E-state index contributed by atoms with van der Waals surface area (Å²) in [6, 6.07) is 18.1. The number of rotatable bonds is 7. The minimum atomic E-state index is -0.387. The zero-order valence-corrected chi connectivity index (χ0v) is 16.4. The molecule has 1 aromatic heterocycles. The zero-order chi connectivity index (χ0) is 20.6. The monoisotopic (exact) mass is 389 g/mol. The number of hydrogen-bond donors (Lipinski definition) is 2. The van der Waals surface area contributed by atoms with Crippen molar-refractivity contribution >= 4 is 29.1 Å². The number of nitrogens with zero attached hydrogens (tertiary/aromatic N) is 1. The van der Waals surface area contributed by atoms with E-state index in [9.17, 15) is 9.59 Å². The average molecular weight is 389 g/mol. The minimum absolute atomic E-state index is 0.276. The molecule has 6 heteroatoms. The second-order valence-electron chi connectivity index (χ2n) is 6.32. The van der Waals surface area contributed by atoms with E-state index in [0.717, 1.165) is 12.1 Å². The Morgan fingerprint density at radius 1 is 0.931 bits per heavy atom. The van der Waals surface area contributed by atoms with Crippen LogP contribution in [0.5, 0.6) is 0 Å². The van der Waals surface area contributed by atoms with Crippen LogP contribution in [0.25, 0.3) is 0 Å². The van der Waals surface area contributed by atoms with Gasteiger partial charge in [-0.3, -0.25) is 4.79 Å². The van der Waals surface area contributed by atoms with E-state index in [4.69, 9.17) is 4.74 Å². The van der Waals surface area contributed by atoms with Crippen molar-refractivity contribution in [1.29, 1.82) is 0 Å². The summed E-state index contributed by atoms with van der Waals surface area (Å²) in [7, 11) is 0. The van der Waals surface area contributed by atoms with Crippen LogP contribution in [0.15, 0.2) is 66.9 Å². The molecular formula is C23H23N3O3. The van der Waals surface area contributed by atoms with Crippen molar-refractivity contribution in [1.82, 2.24) is 4.98 Å². The Balaban J connectivity index is 1.64. The number of hydrogen-bond acceptors (Lipinski definition) is 5. The van der Waals surface area contributed by atoms with Crippen LogP contribution in [0.4, 0.5) is 17.2 Å². The molecule has 0 bridgehead atoms. The first-order valence-corrected chi connectivity index (χ1v) is 9.50. The molecule has 0 radical (unpaired) electrons. The Bertz CT molecular complexity index is 983. The van der Waals surface area contributed by atoms with Gasteiger partial charge in [-0.05, 0) is 61.4 Å². The summed E-state index contributed by atoms with van der Waals surface area (Å²) < 4.78 is 4.95. The highest BCUT2D eigenvalue weighted by Gasteiger charge is 2.10. The molecule has 3 rings (SSSR count). The molecule has 0 atom stereocenters. The van der Waals surface area contributed by atoms with Crippen molar-refractivity contribution in [2.24, 2.45) is 0 Å². The molecule has 0 spiro atoms. The summed E-state index contributed by atoms with van der Waals surface area (Å²) >= 11 is 0. The van der Waals surface area contributed by atoms with Gasteiger partial charge in [-0.25, -0.2) is 9.78 Å². The Hall–Kier alpha value is -3.67. The molecule has 0 aliphatic heterocycles. The van der Waals surface area contributed by atoms with Crippen LogP contribution in [0.2, 0.25) is 0 Å². The second kappa shape index (κ2) is 9.50. The van der Waals surface area contributed by atoms with Gasteiger partial charge in [0.15, 0.2) is 0 Å². The highest BCUT2D eigenvalue weighted by molar-refractivity contribution is 6.04. The highest BCUT2D eigenvalue weighted by Crippen LogP contribution is 2.20. The van der Waals surface area contributed by atoms with Gasteiger partial charge in [0.25, 0.3) is 5.91 Å². The number of esters is 1. The summed E-state index contributed by atoms with van der Waals surface area (Å²) in [4.78, 5) is 28.5. The van der Waals surface area contributed by atoms with Crippen molar-refractivity contribution < 1.29 is 14.3 Å². The molecule has 148 valence electrons. The number of anilines is 3. The molecule has 2 aromatic carbocycles. The van der Waals surface area contributed by atoms with Crippen LogP contribution in [0.1, 0.15) is 40.1 Å². The van der Waals surface area contributed by atoms with E-state index >= 15 is 0 Å². The third-order valence-electron chi connectivity index (χ3n) is 4.34. The molecule has 0 saturated carbocycles. The number of pyridine rings is 1. The van der Waals surface area contributed by atoms with Crippen LogP contribution in [-0.4, -0.2) is 23.5 Å². The van der Waals surface area contributed by atoms with Crippen molar-refractivity contribution in [3.63, 3.8) is 0 Å². The lowest BCUT2D eigenvalue weighted by atomic mass is 10.1. The minimum Gasteiger partial charge on any atom is -0.462 e. The van der Waals surface area contributed by atoms with Gasteiger partial charge in [0.05, 0.1) is 17.7 Å². The molecule has 0 aliphatic carbocycles. The smallest absolute Gasteiger partial charge is 0.338 e. The molecule has 0 unspecified atom stereocenters. The van der Waals surface area contributed by atoms with E-state index in [-0.39, 0.29) is 11.9 Å². The van der Waals surface area contributed by atoms with Gasteiger partial charge in [0.1, 0.15) is 5.82 Å². The Labute approximate surface area is 169 Å². The van der Waals surface area contributed by atoms with Crippen LogP contribution in [0.3, 0.4) is 0 Å². The first kappa shape index (κ1) is 20.1. The first-order valence-electron chi connectivity index (χ1n) is 9.50. The molecular weight excluding hydrogens is 366 g/mol. The molecule has 1 heterocycles. The maximum absolute atomic E-state index is 12.4. The number of nitrogens with one attached hydrogen (secondary N) is 2. The maximum Gasteiger partial charge on any atom is 0.338 e. The highest BCUT2D eigenvalue weighted by atomic mass is 16.5. The molecule has 6 nitrogen and oxygen atoms in total. The number of ether oxygens (including phenoxy) is 1. The van der Waals surface area contributed by atoms with Gasteiger partial charge in [0, 0.05) is 17.6 Å². The quantitative estimate of drug-likeness (QED) is 0.567. The molecule has 29 heavy (non-hydrogen) atoms. The summed E-state index contributed by atoms with van der Waals surface area (Å²) in [5, 5.41) is 6.07. The fourth-order valence-corrected chi connectivity index (χ4v) is 2.80. The van der Waals surface area contributed by atoms with Crippen LogP contribution in [-0.2, 0) is 11.2 Å². The van der Waals surface area contributed by atoms with Crippen molar-refractivity contribution in [3.05, 3.63) is 83.6 Å². The second-order valence-corrected chi connectivity index (χ2v) is 6.32. The fourth-order valence-electron chi connectivity index (χ4n) is 2.80. The molecule has 0 aliphatic rings. The van der Waals surface area contributed by atoms with E-state index in [2.05, 4.69) is 28.6 Å². The summed E-state index contributed by atoms with van der Waals surface area (Å²) in [5.74, 6) is 0.00504.